The first-order valence-corrected chi connectivity index (χ1v) is 7.47. The number of hydrogen-bond acceptors (Lipinski definition) is 3. The quantitative estimate of drug-likeness (QED) is 0.782. The maximum Gasteiger partial charge on any atom is 0.246 e. The van der Waals surface area contributed by atoms with Gasteiger partial charge in [-0.15, -0.1) is 0 Å². The molecule has 0 saturated heterocycles. The van der Waals surface area contributed by atoms with E-state index in [2.05, 4.69) is 26.6 Å². The highest BCUT2D eigenvalue weighted by Gasteiger charge is 2.33. The Kier molecular flexibility index (Phi) is 3.60. The summed E-state index contributed by atoms with van der Waals surface area (Å²) in [6.07, 6.45) is 3.39. The number of carbonyl (C=O) groups excluding carboxylic acids is 1. The highest BCUT2D eigenvalue weighted by molar-refractivity contribution is 9.10. The predicted octanol–water partition coefficient (Wildman–Crippen LogP) is 2.34. The second-order valence-electron chi connectivity index (χ2n) is 5.34. The molecule has 1 fully saturated rings. The molecule has 1 saturated carbocycles. The molecular weight excluding hydrogens is 308 g/mol. The molecule has 0 bridgehead atoms. The number of benzene rings is 1. The minimum Gasteiger partial charge on any atom is -0.393 e. The van der Waals surface area contributed by atoms with Crippen LogP contribution in [0.4, 0.5) is 5.69 Å². The van der Waals surface area contributed by atoms with Crippen molar-refractivity contribution in [2.24, 2.45) is 0 Å². The van der Waals surface area contributed by atoms with Gasteiger partial charge in [0.15, 0.2) is 0 Å². The minimum absolute atomic E-state index is 0.00633. The summed E-state index contributed by atoms with van der Waals surface area (Å²) in [6, 6.07) is 5.72. The van der Waals surface area contributed by atoms with Gasteiger partial charge in [-0.2, -0.15) is 0 Å². The van der Waals surface area contributed by atoms with Crippen LogP contribution in [0.1, 0.15) is 37.3 Å². The number of anilines is 1. The van der Waals surface area contributed by atoms with Crippen LogP contribution in [0, 0.1) is 0 Å². The van der Waals surface area contributed by atoms with Gasteiger partial charge in [0.1, 0.15) is 6.04 Å². The molecule has 3 atom stereocenters. The molecule has 102 valence electrons. The molecule has 1 aliphatic heterocycles. The SMILES string of the molecule is O=C1Nc2ccc(Br)cc2C1NC1CCCC(O)C1. The lowest BCUT2D eigenvalue weighted by molar-refractivity contribution is -0.118. The van der Waals surface area contributed by atoms with Crippen molar-refractivity contribution in [3.8, 4) is 0 Å². The van der Waals surface area contributed by atoms with Crippen molar-refractivity contribution in [3.63, 3.8) is 0 Å². The maximum absolute atomic E-state index is 12.0. The van der Waals surface area contributed by atoms with E-state index in [0.717, 1.165) is 41.4 Å². The summed E-state index contributed by atoms with van der Waals surface area (Å²) in [5.74, 6) is -0.00633. The van der Waals surface area contributed by atoms with E-state index < -0.39 is 0 Å². The predicted molar refractivity (Wildman–Crippen MR) is 76.9 cm³/mol. The van der Waals surface area contributed by atoms with Gasteiger partial charge in [0.25, 0.3) is 0 Å². The van der Waals surface area contributed by atoms with Crippen LogP contribution in [0.5, 0.6) is 0 Å². The Morgan fingerprint density at radius 3 is 3.00 bits per heavy atom. The van der Waals surface area contributed by atoms with Gasteiger partial charge in [0.05, 0.1) is 6.10 Å². The van der Waals surface area contributed by atoms with E-state index in [1.54, 1.807) is 0 Å². The van der Waals surface area contributed by atoms with Crippen molar-refractivity contribution in [2.45, 2.75) is 43.9 Å². The first kappa shape index (κ1) is 13.1. The van der Waals surface area contributed by atoms with Gasteiger partial charge >= 0.3 is 0 Å². The molecule has 3 N–H and O–H groups in total. The highest BCUT2D eigenvalue weighted by atomic mass is 79.9. The average molecular weight is 325 g/mol. The standard InChI is InChI=1S/C14H17BrN2O2/c15-8-4-5-12-11(6-8)13(14(19)17-12)16-9-2-1-3-10(18)7-9/h4-6,9-10,13,16,18H,1-3,7H2,(H,17,19). The molecule has 2 aliphatic rings. The fourth-order valence-corrected chi connectivity index (χ4v) is 3.33. The van der Waals surface area contributed by atoms with Crippen LogP contribution in [0.25, 0.3) is 0 Å². The Morgan fingerprint density at radius 1 is 1.37 bits per heavy atom. The molecule has 0 spiro atoms. The van der Waals surface area contributed by atoms with Crippen LogP contribution >= 0.6 is 15.9 Å². The Balaban J connectivity index is 1.78. The Hall–Kier alpha value is -0.910. The lowest BCUT2D eigenvalue weighted by atomic mass is 9.92. The number of carbonyl (C=O) groups is 1. The summed E-state index contributed by atoms with van der Waals surface area (Å²) in [4.78, 5) is 12.0. The maximum atomic E-state index is 12.0. The third-order valence-electron chi connectivity index (χ3n) is 3.89. The molecule has 3 rings (SSSR count). The van der Waals surface area contributed by atoms with Crippen LogP contribution in [-0.2, 0) is 4.79 Å². The molecule has 1 amide bonds. The van der Waals surface area contributed by atoms with Gasteiger partial charge in [-0.25, -0.2) is 0 Å². The van der Waals surface area contributed by atoms with Gasteiger partial charge in [-0.1, -0.05) is 15.9 Å². The normalized spacial score (nSPS) is 30.0. The largest absolute Gasteiger partial charge is 0.393 e. The lowest BCUT2D eigenvalue weighted by Gasteiger charge is -2.28. The summed E-state index contributed by atoms with van der Waals surface area (Å²) in [5.41, 5.74) is 1.86. The van der Waals surface area contributed by atoms with Crippen LogP contribution in [0.15, 0.2) is 22.7 Å². The van der Waals surface area contributed by atoms with E-state index in [0.29, 0.717) is 0 Å². The van der Waals surface area contributed by atoms with Gasteiger partial charge in [0.2, 0.25) is 5.91 Å². The Morgan fingerprint density at radius 2 is 2.21 bits per heavy atom. The number of aliphatic hydroxyl groups is 1. The van der Waals surface area contributed by atoms with Crippen molar-refractivity contribution >= 4 is 27.5 Å². The van der Waals surface area contributed by atoms with Gasteiger partial charge < -0.3 is 10.4 Å². The molecule has 1 aliphatic carbocycles. The molecule has 3 unspecified atom stereocenters. The fraction of sp³-hybridized carbons (Fsp3) is 0.500. The van der Waals surface area contributed by atoms with Crippen molar-refractivity contribution in [1.82, 2.24) is 5.32 Å². The van der Waals surface area contributed by atoms with Crippen molar-refractivity contribution in [2.75, 3.05) is 5.32 Å². The number of halogens is 1. The Labute approximate surface area is 120 Å². The van der Waals surface area contributed by atoms with E-state index in [4.69, 9.17) is 0 Å². The van der Waals surface area contributed by atoms with E-state index in [1.165, 1.54) is 0 Å². The summed E-state index contributed by atoms with van der Waals surface area (Å²) >= 11 is 3.44. The molecule has 0 radical (unpaired) electrons. The van der Waals surface area contributed by atoms with E-state index >= 15 is 0 Å². The Bertz CT molecular complexity index is 506. The number of hydrogen-bond donors (Lipinski definition) is 3. The third kappa shape index (κ3) is 2.68. The van der Waals surface area contributed by atoms with Crippen molar-refractivity contribution < 1.29 is 9.90 Å². The number of amides is 1. The van der Waals surface area contributed by atoms with E-state index in [1.807, 2.05) is 18.2 Å². The smallest absolute Gasteiger partial charge is 0.246 e. The van der Waals surface area contributed by atoms with Gasteiger partial charge in [0, 0.05) is 21.8 Å². The zero-order valence-corrected chi connectivity index (χ0v) is 12.1. The molecule has 0 aromatic heterocycles. The minimum atomic E-state index is -0.303. The molecule has 5 heteroatoms. The summed E-state index contributed by atoms with van der Waals surface area (Å²) in [6.45, 7) is 0. The number of nitrogens with one attached hydrogen (secondary N) is 2. The lowest BCUT2D eigenvalue weighted by Crippen LogP contribution is -2.40. The molecule has 1 aromatic rings. The first-order chi connectivity index (χ1) is 9.13. The number of fused-ring (bicyclic) bond motifs is 1. The third-order valence-corrected chi connectivity index (χ3v) is 4.39. The van der Waals surface area contributed by atoms with Crippen LogP contribution in [0.3, 0.4) is 0 Å². The summed E-state index contributed by atoms with van der Waals surface area (Å²) in [5, 5.41) is 16.0. The van der Waals surface area contributed by atoms with E-state index in [9.17, 15) is 9.90 Å². The molecule has 19 heavy (non-hydrogen) atoms. The molecular formula is C14H17BrN2O2. The van der Waals surface area contributed by atoms with Crippen molar-refractivity contribution in [3.05, 3.63) is 28.2 Å². The highest BCUT2D eigenvalue weighted by Crippen LogP contribution is 2.34. The summed E-state index contributed by atoms with van der Waals surface area (Å²) < 4.78 is 0.971. The zero-order chi connectivity index (χ0) is 13.4. The second-order valence-corrected chi connectivity index (χ2v) is 6.25. The number of rotatable bonds is 2. The topological polar surface area (TPSA) is 61.4 Å². The zero-order valence-electron chi connectivity index (χ0n) is 10.5. The summed E-state index contributed by atoms with van der Waals surface area (Å²) in [7, 11) is 0. The van der Waals surface area contributed by atoms with Crippen LogP contribution in [-0.4, -0.2) is 23.2 Å². The average Bonchev–Trinajstić information content (AvgIpc) is 2.66. The van der Waals surface area contributed by atoms with Gasteiger partial charge in [-0.3, -0.25) is 10.1 Å². The van der Waals surface area contributed by atoms with Gasteiger partial charge in [-0.05, 0) is 43.9 Å². The number of aliphatic hydroxyl groups excluding tert-OH is 1. The second kappa shape index (κ2) is 5.23. The van der Waals surface area contributed by atoms with Crippen molar-refractivity contribution in [1.29, 1.82) is 0 Å². The first-order valence-electron chi connectivity index (χ1n) is 6.68. The van der Waals surface area contributed by atoms with Crippen LogP contribution < -0.4 is 10.6 Å². The fourth-order valence-electron chi connectivity index (χ4n) is 2.95. The van der Waals surface area contributed by atoms with E-state index in [-0.39, 0.29) is 24.1 Å². The van der Waals surface area contributed by atoms with Crippen LogP contribution in [0.2, 0.25) is 0 Å². The molecule has 1 aromatic carbocycles. The molecule has 4 nitrogen and oxygen atoms in total. The monoisotopic (exact) mass is 324 g/mol. The molecule has 1 heterocycles.